The summed E-state index contributed by atoms with van der Waals surface area (Å²) in [4.78, 5) is 33.4. The molecule has 2 aromatic rings. The Morgan fingerprint density at radius 3 is 2.67 bits per heavy atom. The summed E-state index contributed by atoms with van der Waals surface area (Å²) in [7, 11) is 0. The van der Waals surface area contributed by atoms with Crippen LogP contribution in [0.25, 0.3) is 0 Å². The van der Waals surface area contributed by atoms with E-state index in [2.05, 4.69) is 16.4 Å². The predicted octanol–water partition coefficient (Wildman–Crippen LogP) is 4.18. The molecule has 0 radical (unpaired) electrons. The van der Waals surface area contributed by atoms with E-state index in [9.17, 15) is 33.1 Å². The maximum absolute atomic E-state index is 13.9. The number of hydrogen-bond acceptors (Lipinski definition) is 7. The van der Waals surface area contributed by atoms with Crippen LogP contribution in [-0.4, -0.2) is 46.0 Å². The predicted molar refractivity (Wildman–Crippen MR) is 126 cm³/mol. The van der Waals surface area contributed by atoms with E-state index in [-0.39, 0.29) is 42.1 Å². The van der Waals surface area contributed by atoms with Gasteiger partial charge < -0.3 is 5.11 Å². The number of nitrogens with zero attached hydrogens (tertiary/aromatic N) is 4. The average Bonchev–Trinajstić information content (AvgIpc) is 3.23. The van der Waals surface area contributed by atoms with Gasteiger partial charge >= 0.3 is 12.2 Å². The van der Waals surface area contributed by atoms with Crippen molar-refractivity contribution in [1.82, 2.24) is 15.2 Å². The molecule has 2 heterocycles. The third kappa shape index (κ3) is 4.45. The number of Topliss-reactive ketones (excluding diaryl/α,β-unsaturated/α-hetero) is 1. The lowest BCUT2D eigenvalue weighted by atomic mass is 9.92. The summed E-state index contributed by atoms with van der Waals surface area (Å²) >= 11 is 1.31. The summed E-state index contributed by atoms with van der Waals surface area (Å²) in [5.41, 5.74) is 0.187. The van der Waals surface area contributed by atoms with Crippen LogP contribution in [0, 0.1) is 11.3 Å². The molecule has 1 aromatic heterocycles. The number of anilines is 1. The molecule has 36 heavy (non-hydrogen) atoms. The van der Waals surface area contributed by atoms with Crippen molar-refractivity contribution in [2.24, 2.45) is 0 Å². The molecule has 0 bridgehead atoms. The Morgan fingerprint density at radius 1 is 1.28 bits per heavy atom. The Hall–Kier alpha value is -3.40. The molecule has 2 aliphatic rings. The zero-order chi connectivity index (χ0) is 26.2. The Balaban J connectivity index is 1.97. The number of hydrogen-bond donors (Lipinski definition) is 2. The molecule has 8 nitrogen and oxygen atoms in total. The highest BCUT2D eigenvalue weighted by atomic mass is 32.2. The number of allylic oxidation sites excluding steroid dienone is 1. The molecule has 1 aliphatic carbocycles. The first-order chi connectivity index (χ1) is 17.1. The fourth-order valence-corrected chi connectivity index (χ4v) is 5.16. The van der Waals surface area contributed by atoms with Gasteiger partial charge in [-0.25, -0.2) is 4.79 Å². The molecule has 0 saturated heterocycles. The van der Waals surface area contributed by atoms with Crippen LogP contribution in [0.2, 0.25) is 0 Å². The van der Waals surface area contributed by atoms with Gasteiger partial charge in [-0.2, -0.15) is 18.4 Å². The molecule has 2 atom stereocenters. The number of aliphatic hydroxyl groups excluding tert-OH is 1. The summed E-state index contributed by atoms with van der Waals surface area (Å²) in [5.74, 6) is -0.280. The number of aromatic nitrogens is 1. The van der Waals surface area contributed by atoms with Gasteiger partial charge in [0.05, 0.1) is 35.1 Å². The van der Waals surface area contributed by atoms with Gasteiger partial charge in [-0.05, 0) is 43.0 Å². The van der Waals surface area contributed by atoms with Crippen molar-refractivity contribution in [1.29, 1.82) is 5.26 Å². The van der Waals surface area contributed by atoms with Crippen LogP contribution >= 0.6 is 11.8 Å². The largest absolute Gasteiger partial charge is 0.417 e. The quantitative estimate of drug-likeness (QED) is 0.437. The maximum atomic E-state index is 13.9. The van der Waals surface area contributed by atoms with Gasteiger partial charge in [0, 0.05) is 28.8 Å². The van der Waals surface area contributed by atoms with E-state index >= 15 is 0 Å². The van der Waals surface area contributed by atoms with Gasteiger partial charge in [-0.3, -0.25) is 24.9 Å². The van der Waals surface area contributed by atoms with Crippen LogP contribution in [-0.2, 0) is 11.0 Å². The molecule has 0 spiro atoms. The number of aliphatic hydroxyl groups is 1. The molecular formula is C24H22F3N5O3S. The van der Waals surface area contributed by atoms with E-state index in [0.29, 0.717) is 22.2 Å². The molecule has 0 fully saturated rings. The van der Waals surface area contributed by atoms with Crippen LogP contribution in [0.3, 0.4) is 0 Å². The third-order valence-corrected chi connectivity index (χ3v) is 6.84. The van der Waals surface area contributed by atoms with E-state index < -0.39 is 30.2 Å². The van der Waals surface area contributed by atoms with E-state index in [1.165, 1.54) is 11.8 Å². The average molecular weight is 518 g/mol. The van der Waals surface area contributed by atoms with Crippen molar-refractivity contribution in [3.05, 3.63) is 64.6 Å². The second kappa shape index (κ2) is 9.93. The maximum Gasteiger partial charge on any atom is 0.417 e. The highest BCUT2D eigenvalue weighted by Crippen LogP contribution is 2.47. The number of alkyl halides is 3. The van der Waals surface area contributed by atoms with Crippen molar-refractivity contribution in [3.63, 3.8) is 0 Å². The van der Waals surface area contributed by atoms with Crippen molar-refractivity contribution in [3.8, 4) is 6.07 Å². The number of carbonyl (C=O) groups excluding carboxylic acids is 2. The second-order valence-electron chi connectivity index (χ2n) is 8.14. The SMILES string of the molecule is CCNC(O)N1C(=O)N(c2cncc(C(F)(F)F)c2)C2=C(C(=O)CC2)C1c1ccc(C#N)cc1SC. The van der Waals surface area contributed by atoms with E-state index in [1.54, 1.807) is 31.4 Å². The van der Waals surface area contributed by atoms with Gasteiger partial charge in [0.1, 0.15) is 0 Å². The topological polar surface area (TPSA) is 110 Å². The number of urea groups is 1. The molecule has 2 N–H and O–H groups in total. The van der Waals surface area contributed by atoms with Crippen LogP contribution in [0.4, 0.5) is 23.7 Å². The van der Waals surface area contributed by atoms with Gasteiger partial charge in [-0.15, -0.1) is 11.8 Å². The summed E-state index contributed by atoms with van der Waals surface area (Å²) < 4.78 is 40.2. The van der Waals surface area contributed by atoms with Crippen LogP contribution in [0.15, 0.2) is 52.8 Å². The van der Waals surface area contributed by atoms with Crippen molar-refractivity contribution >= 4 is 29.3 Å². The minimum atomic E-state index is -4.69. The highest BCUT2D eigenvalue weighted by molar-refractivity contribution is 7.98. The molecule has 1 aliphatic heterocycles. The van der Waals surface area contributed by atoms with Crippen molar-refractivity contribution < 1.29 is 27.9 Å². The van der Waals surface area contributed by atoms with Gasteiger partial charge in [0.2, 0.25) is 0 Å². The summed E-state index contributed by atoms with van der Waals surface area (Å²) in [5, 5.41) is 23.0. The smallest absolute Gasteiger partial charge is 0.361 e. The Labute approximate surface area is 209 Å². The van der Waals surface area contributed by atoms with Crippen molar-refractivity contribution in [2.75, 3.05) is 17.7 Å². The van der Waals surface area contributed by atoms with Crippen LogP contribution in [0.1, 0.15) is 42.5 Å². The standard InChI is InChI=1S/C24H22F3N5O3S/c1-3-30-22(34)32-21(16-5-4-13(10-28)8-19(16)36-2)20-17(6-7-18(20)33)31(23(32)35)15-9-14(11-29-12-15)24(25,26)27/h4-5,8-9,11-12,21-22,30,34H,3,6-7H2,1-2H3. The number of halogens is 3. The molecule has 188 valence electrons. The highest BCUT2D eigenvalue weighted by Gasteiger charge is 2.49. The summed E-state index contributed by atoms with van der Waals surface area (Å²) in [6.07, 6.45) is -2.48. The minimum Gasteiger partial charge on any atom is -0.361 e. The molecule has 2 amide bonds. The number of nitrogens with one attached hydrogen (secondary N) is 1. The number of rotatable bonds is 6. The molecule has 0 saturated carbocycles. The zero-order valence-electron chi connectivity index (χ0n) is 19.3. The first-order valence-corrected chi connectivity index (χ1v) is 12.2. The second-order valence-corrected chi connectivity index (χ2v) is 8.99. The zero-order valence-corrected chi connectivity index (χ0v) is 20.2. The number of thioether (sulfide) groups is 1. The number of benzene rings is 1. The third-order valence-electron chi connectivity index (χ3n) is 6.05. The van der Waals surface area contributed by atoms with Crippen molar-refractivity contribution in [2.45, 2.75) is 43.2 Å². The Morgan fingerprint density at radius 2 is 2.03 bits per heavy atom. The Kier molecular flexibility index (Phi) is 7.08. The van der Waals surface area contributed by atoms with Crippen LogP contribution in [0.5, 0.6) is 0 Å². The van der Waals surface area contributed by atoms with Gasteiger partial charge in [0.25, 0.3) is 0 Å². The molecule has 2 unspecified atom stereocenters. The number of carbonyl (C=O) groups is 2. The lowest BCUT2D eigenvalue weighted by Gasteiger charge is -2.44. The van der Waals surface area contributed by atoms with E-state index in [4.69, 9.17) is 0 Å². The van der Waals surface area contributed by atoms with Gasteiger partial charge in [-0.1, -0.05) is 13.0 Å². The number of nitriles is 1. The lowest BCUT2D eigenvalue weighted by Crippen LogP contribution is -2.58. The molecule has 1 aromatic carbocycles. The number of amides is 2. The number of ketones is 1. The molecule has 12 heteroatoms. The molecule has 4 rings (SSSR count). The fourth-order valence-electron chi connectivity index (χ4n) is 4.50. The number of pyridine rings is 1. The summed E-state index contributed by atoms with van der Waals surface area (Å²) in [6, 6.07) is 5.85. The first-order valence-electron chi connectivity index (χ1n) is 11.0. The van der Waals surface area contributed by atoms with Crippen LogP contribution < -0.4 is 10.2 Å². The lowest BCUT2D eigenvalue weighted by molar-refractivity contribution is -0.137. The molecular weight excluding hydrogens is 495 g/mol. The van der Waals surface area contributed by atoms with Gasteiger partial charge in [0.15, 0.2) is 12.1 Å². The monoisotopic (exact) mass is 517 g/mol. The first kappa shape index (κ1) is 25.7. The van der Waals surface area contributed by atoms with E-state index in [0.717, 1.165) is 22.1 Å². The normalized spacial score (nSPS) is 19.0. The summed E-state index contributed by atoms with van der Waals surface area (Å²) in [6.45, 7) is 1.98. The minimum absolute atomic E-state index is 0.0629. The van der Waals surface area contributed by atoms with E-state index in [1.807, 2.05) is 0 Å². The Bertz CT molecular complexity index is 1290. The fraction of sp³-hybridized carbons (Fsp3) is 0.333.